The fourth-order valence-electron chi connectivity index (χ4n) is 2.57. The smallest absolute Gasteiger partial charge is 0.349 e. The van der Waals surface area contributed by atoms with Gasteiger partial charge in [0.25, 0.3) is 0 Å². The van der Waals surface area contributed by atoms with E-state index in [2.05, 4.69) is 4.74 Å². The van der Waals surface area contributed by atoms with Gasteiger partial charge in [-0.25, -0.2) is 13.2 Å². The molecule has 1 aromatic heterocycles. The van der Waals surface area contributed by atoms with Crippen molar-refractivity contribution in [3.8, 4) is 0 Å². The minimum atomic E-state index is -3.62. The lowest BCUT2D eigenvalue weighted by atomic mass is 10.0. The summed E-state index contributed by atoms with van der Waals surface area (Å²) in [6.45, 7) is 2.52. The van der Waals surface area contributed by atoms with E-state index in [4.69, 9.17) is 0 Å². The summed E-state index contributed by atoms with van der Waals surface area (Å²) in [4.78, 5) is 11.9. The lowest BCUT2D eigenvalue weighted by Crippen LogP contribution is -2.43. The van der Waals surface area contributed by atoms with Crippen molar-refractivity contribution < 1.29 is 17.9 Å². The summed E-state index contributed by atoms with van der Waals surface area (Å²) in [7, 11) is -2.36. The fraction of sp³-hybridized carbons (Fsp3) is 0.615. The van der Waals surface area contributed by atoms with Gasteiger partial charge in [0.05, 0.1) is 7.11 Å². The van der Waals surface area contributed by atoms with Crippen molar-refractivity contribution in [1.29, 1.82) is 0 Å². The van der Waals surface area contributed by atoms with Gasteiger partial charge in [0, 0.05) is 12.6 Å². The summed E-state index contributed by atoms with van der Waals surface area (Å²) in [5, 5.41) is 1.62. The molecule has 112 valence electrons. The highest BCUT2D eigenvalue weighted by molar-refractivity contribution is 7.89. The monoisotopic (exact) mass is 317 g/mol. The summed E-state index contributed by atoms with van der Waals surface area (Å²) < 4.78 is 31.8. The number of sulfonamides is 1. The van der Waals surface area contributed by atoms with Gasteiger partial charge in [-0.2, -0.15) is 4.31 Å². The molecule has 0 aromatic carbocycles. The molecule has 1 aliphatic rings. The largest absolute Gasteiger partial charge is 0.465 e. The van der Waals surface area contributed by atoms with E-state index in [0.29, 0.717) is 6.54 Å². The molecule has 1 saturated heterocycles. The average Bonchev–Trinajstić information content (AvgIpc) is 2.96. The zero-order chi connectivity index (χ0) is 14.8. The highest BCUT2D eigenvalue weighted by Gasteiger charge is 2.35. The average molecular weight is 317 g/mol. The zero-order valence-corrected chi connectivity index (χ0v) is 13.3. The molecule has 0 N–H and O–H groups in total. The summed E-state index contributed by atoms with van der Waals surface area (Å²) in [6, 6.07) is 1.52. The summed E-state index contributed by atoms with van der Waals surface area (Å²) in [5.41, 5.74) is 0. The molecule has 5 nitrogen and oxygen atoms in total. The van der Waals surface area contributed by atoms with Crippen LogP contribution in [0.5, 0.6) is 0 Å². The third-order valence-corrected chi connectivity index (χ3v) is 6.65. The molecule has 0 aliphatic carbocycles. The molecule has 1 atom stereocenters. The number of carbonyl (C=O) groups excluding carboxylic acids is 1. The van der Waals surface area contributed by atoms with Gasteiger partial charge in [0.2, 0.25) is 10.0 Å². The Morgan fingerprint density at radius 1 is 1.50 bits per heavy atom. The third-order valence-electron chi connectivity index (χ3n) is 3.63. The normalized spacial score (nSPS) is 20.8. The Hall–Kier alpha value is -0.920. The summed E-state index contributed by atoms with van der Waals surface area (Å²) in [5.74, 6) is -0.594. The van der Waals surface area contributed by atoms with Crippen molar-refractivity contribution in [2.24, 2.45) is 0 Å². The number of rotatable bonds is 4. The van der Waals surface area contributed by atoms with Crippen LogP contribution in [0.3, 0.4) is 0 Å². The molecule has 7 heteroatoms. The molecule has 0 spiro atoms. The van der Waals surface area contributed by atoms with Gasteiger partial charge in [-0.05, 0) is 30.7 Å². The number of thiophene rings is 1. The zero-order valence-electron chi connectivity index (χ0n) is 11.7. The number of hydrogen-bond donors (Lipinski definition) is 0. The lowest BCUT2D eigenvalue weighted by molar-refractivity contribution is 0.0602. The SMILES string of the molecule is CCC1CCCCN1S(=O)(=O)c1ccsc1C(=O)OC. The van der Waals surface area contributed by atoms with Crippen molar-refractivity contribution in [3.05, 3.63) is 16.3 Å². The Balaban J connectivity index is 2.39. The van der Waals surface area contributed by atoms with E-state index in [1.165, 1.54) is 13.2 Å². The van der Waals surface area contributed by atoms with E-state index in [0.717, 1.165) is 37.0 Å². The quantitative estimate of drug-likeness (QED) is 0.800. The molecule has 1 aromatic rings. The Morgan fingerprint density at radius 2 is 2.25 bits per heavy atom. The second kappa shape index (κ2) is 6.24. The number of piperidine rings is 1. The summed E-state index contributed by atoms with van der Waals surface area (Å²) >= 11 is 1.10. The number of hydrogen-bond acceptors (Lipinski definition) is 5. The molecule has 1 aliphatic heterocycles. The van der Waals surface area contributed by atoms with Crippen LogP contribution in [0.2, 0.25) is 0 Å². The van der Waals surface area contributed by atoms with Crippen LogP contribution in [0.4, 0.5) is 0 Å². The highest BCUT2D eigenvalue weighted by Crippen LogP contribution is 2.31. The van der Waals surface area contributed by atoms with Crippen LogP contribution in [-0.4, -0.2) is 38.4 Å². The molecule has 2 rings (SSSR count). The maximum atomic E-state index is 12.8. The molecule has 0 radical (unpaired) electrons. The van der Waals surface area contributed by atoms with Gasteiger partial charge in [-0.15, -0.1) is 11.3 Å². The number of methoxy groups -OCH3 is 1. The second-order valence-corrected chi connectivity index (χ2v) is 7.55. The number of carbonyl (C=O) groups is 1. The van der Waals surface area contributed by atoms with Gasteiger partial charge >= 0.3 is 5.97 Å². The molecule has 0 saturated carbocycles. The first-order valence-electron chi connectivity index (χ1n) is 6.70. The van der Waals surface area contributed by atoms with Gasteiger partial charge in [0.15, 0.2) is 0 Å². The molecule has 0 amide bonds. The first-order chi connectivity index (χ1) is 9.52. The van der Waals surface area contributed by atoms with Gasteiger partial charge in [-0.1, -0.05) is 13.3 Å². The Morgan fingerprint density at radius 3 is 2.90 bits per heavy atom. The van der Waals surface area contributed by atoms with Crippen molar-refractivity contribution in [3.63, 3.8) is 0 Å². The minimum absolute atomic E-state index is 0.0270. The first-order valence-corrected chi connectivity index (χ1v) is 9.02. The van der Waals surface area contributed by atoms with Crippen LogP contribution in [0.25, 0.3) is 0 Å². The minimum Gasteiger partial charge on any atom is -0.465 e. The van der Waals surface area contributed by atoms with Gasteiger partial charge in [0.1, 0.15) is 9.77 Å². The fourth-order valence-corrected chi connectivity index (χ4v) is 5.64. The van der Waals surface area contributed by atoms with E-state index in [1.807, 2.05) is 6.92 Å². The van der Waals surface area contributed by atoms with E-state index >= 15 is 0 Å². The molecular formula is C13H19NO4S2. The van der Waals surface area contributed by atoms with Crippen LogP contribution in [-0.2, 0) is 14.8 Å². The molecular weight excluding hydrogens is 298 g/mol. The maximum absolute atomic E-state index is 12.8. The number of ether oxygens (including phenoxy) is 1. The highest BCUT2D eigenvalue weighted by atomic mass is 32.2. The van der Waals surface area contributed by atoms with E-state index in [9.17, 15) is 13.2 Å². The van der Waals surface area contributed by atoms with Crippen molar-refractivity contribution in [2.75, 3.05) is 13.7 Å². The molecule has 0 bridgehead atoms. The van der Waals surface area contributed by atoms with E-state index in [1.54, 1.807) is 9.69 Å². The third kappa shape index (κ3) is 2.75. The standard InChI is InChI=1S/C13H19NO4S2/c1-3-10-6-4-5-8-14(10)20(16,17)11-7-9-19-12(11)13(15)18-2/h7,9-10H,3-6,8H2,1-2H3. The van der Waals surface area contributed by atoms with Crippen LogP contribution < -0.4 is 0 Å². The number of nitrogens with zero attached hydrogens (tertiary/aromatic N) is 1. The Kier molecular flexibility index (Phi) is 4.82. The molecule has 20 heavy (non-hydrogen) atoms. The van der Waals surface area contributed by atoms with Crippen molar-refractivity contribution in [1.82, 2.24) is 4.31 Å². The topological polar surface area (TPSA) is 63.7 Å². The van der Waals surface area contributed by atoms with Crippen LogP contribution in [0, 0.1) is 0 Å². The van der Waals surface area contributed by atoms with Crippen molar-refractivity contribution >= 4 is 27.3 Å². The predicted molar refractivity (Wildman–Crippen MR) is 77.5 cm³/mol. The van der Waals surface area contributed by atoms with Gasteiger partial charge < -0.3 is 4.74 Å². The predicted octanol–water partition coefficient (Wildman–Crippen LogP) is 2.49. The molecule has 2 heterocycles. The van der Waals surface area contributed by atoms with E-state index < -0.39 is 16.0 Å². The van der Waals surface area contributed by atoms with Crippen LogP contribution >= 0.6 is 11.3 Å². The maximum Gasteiger partial charge on any atom is 0.349 e. The Labute approximate surface area is 123 Å². The Bertz CT molecular complexity index is 579. The van der Waals surface area contributed by atoms with Crippen LogP contribution in [0.15, 0.2) is 16.3 Å². The van der Waals surface area contributed by atoms with Gasteiger partial charge in [-0.3, -0.25) is 0 Å². The second-order valence-electron chi connectivity index (χ2n) is 4.78. The lowest BCUT2D eigenvalue weighted by Gasteiger charge is -2.34. The number of esters is 1. The summed E-state index contributed by atoms with van der Waals surface area (Å²) in [6.07, 6.45) is 3.59. The molecule has 1 unspecified atom stereocenters. The van der Waals surface area contributed by atoms with Crippen molar-refractivity contribution in [2.45, 2.75) is 43.5 Å². The van der Waals surface area contributed by atoms with Crippen LogP contribution in [0.1, 0.15) is 42.3 Å². The molecule has 1 fully saturated rings. The van der Waals surface area contributed by atoms with E-state index in [-0.39, 0.29) is 15.8 Å². The first kappa shape index (κ1) is 15.5.